The van der Waals surface area contributed by atoms with E-state index in [1.807, 2.05) is 27.7 Å². The van der Waals surface area contributed by atoms with E-state index in [1.54, 1.807) is 28.4 Å². The monoisotopic (exact) mass is 384 g/mol. The summed E-state index contributed by atoms with van der Waals surface area (Å²) in [5.74, 6) is 0. The van der Waals surface area contributed by atoms with E-state index < -0.39 is 6.16 Å². The van der Waals surface area contributed by atoms with E-state index in [9.17, 15) is 0 Å². The fraction of sp³-hybridized carbons (Fsp3) is 0.941. The van der Waals surface area contributed by atoms with Crippen molar-refractivity contribution in [2.45, 2.75) is 52.6 Å². The van der Waals surface area contributed by atoms with Crippen LogP contribution in [-0.2, 0) is 18.9 Å². The second-order valence-corrected chi connectivity index (χ2v) is 6.85. The first-order valence-corrected chi connectivity index (χ1v) is 8.32. The second-order valence-electron chi connectivity index (χ2n) is 6.85. The molecule has 0 N–H and O–H groups in total. The Hall–Kier alpha value is -0.970. The highest BCUT2D eigenvalue weighted by Gasteiger charge is 2.30. The van der Waals surface area contributed by atoms with Crippen molar-refractivity contribution in [3.8, 4) is 0 Å². The number of rotatable bonds is 8. The van der Waals surface area contributed by atoms with Crippen LogP contribution in [0.2, 0.25) is 0 Å². The molecule has 0 heterocycles. The number of nitrogens with zero attached hydrogens (tertiary/aromatic N) is 2. The molecule has 0 aromatic carbocycles. The summed E-state index contributed by atoms with van der Waals surface area (Å²) in [5.41, 5.74) is 0. The van der Waals surface area contributed by atoms with Crippen LogP contribution in [0.1, 0.15) is 27.7 Å². The Labute approximate surface area is 159 Å². The molecule has 4 atom stereocenters. The van der Waals surface area contributed by atoms with Gasteiger partial charge in [0.05, 0.1) is 28.2 Å². The van der Waals surface area contributed by atoms with Gasteiger partial charge in [-0.05, 0) is 6.16 Å². The molecule has 0 aliphatic heterocycles. The summed E-state index contributed by atoms with van der Waals surface area (Å²) in [6.07, 6.45) is -1.70. The van der Waals surface area contributed by atoms with Gasteiger partial charge in [-0.15, -0.1) is 0 Å². The molecule has 0 fully saturated rings. The van der Waals surface area contributed by atoms with Gasteiger partial charge in [-0.1, -0.05) is 0 Å². The number of quaternary nitrogens is 2. The van der Waals surface area contributed by atoms with Crippen LogP contribution in [-0.4, -0.2) is 96.7 Å². The highest BCUT2D eigenvalue weighted by molar-refractivity contribution is 5.47. The highest BCUT2D eigenvalue weighted by atomic mass is 16.6. The van der Waals surface area contributed by atoms with Crippen molar-refractivity contribution in [1.29, 1.82) is 0 Å². The number of carboxylic acid groups (broad SMARTS) is 2. The molecule has 0 radical (unpaired) electrons. The Morgan fingerprint density at radius 2 is 0.731 bits per heavy atom. The third kappa shape index (κ3) is 11.6. The maximum Gasteiger partial charge on any atom is 0.191 e. The van der Waals surface area contributed by atoms with Gasteiger partial charge >= 0.3 is 0 Å². The largest absolute Gasteiger partial charge is 0.652 e. The molecule has 4 unspecified atom stereocenters. The van der Waals surface area contributed by atoms with Crippen molar-refractivity contribution in [2.75, 3.05) is 56.6 Å². The molecule has 9 heteroatoms. The van der Waals surface area contributed by atoms with E-state index in [0.29, 0.717) is 8.97 Å². The van der Waals surface area contributed by atoms with Gasteiger partial charge in [0.15, 0.2) is 24.9 Å². The van der Waals surface area contributed by atoms with Crippen LogP contribution in [0.5, 0.6) is 0 Å². The van der Waals surface area contributed by atoms with Gasteiger partial charge < -0.3 is 34.0 Å². The van der Waals surface area contributed by atoms with Crippen LogP contribution in [0.25, 0.3) is 0 Å². The van der Waals surface area contributed by atoms with E-state index in [-0.39, 0.29) is 24.9 Å². The lowest BCUT2D eigenvalue weighted by molar-refractivity contribution is -0.974. The van der Waals surface area contributed by atoms with Gasteiger partial charge in [-0.25, -0.2) is 0 Å². The van der Waals surface area contributed by atoms with Gasteiger partial charge in [0.25, 0.3) is 0 Å². The second kappa shape index (κ2) is 14.1. The summed E-state index contributed by atoms with van der Waals surface area (Å²) in [6.45, 7) is 8.15. The molecule has 26 heavy (non-hydrogen) atoms. The number of carbonyl (C=O) groups is 1. The number of hydrogen-bond donors (Lipinski definition) is 0. The Kier molecular flexibility index (Phi) is 16.2. The standard InChI is InChI=1S/2C8H20NO2.CH2O3/c2*1-7(10-5)9(3,4)8(2)11-6;2-1(3)4/h2*7-8H,1-6H3;(H2,2,3,4)/q2*+1;/p-2. The predicted octanol–water partition coefficient (Wildman–Crippen LogP) is -0.352. The molecule has 0 aromatic rings. The van der Waals surface area contributed by atoms with Crippen LogP contribution in [0.15, 0.2) is 0 Å². The normalized spacial score (nSPS) is 16.2. The molecule has 0 aliphatic rings. The predicted molar refractivity (Wildman–Crippen MR) is 95.5 cm³/mol. The first-order valence-electron chi connectivity index (χ1n) is 8.32. The Balaban J connectivity index is -0.000000338. The zero-order valence-corrected chi connectivity index (χ0v) is 18.6. The molecular weight excluding hydrogens is 344 g/mol. The minimum atomic E-state index is -2.33. The maximum atomic E-state index is 8.33. The van der Waals surface area contributed by atoms with Crippen molar-refractivity contribution < 1.29 is 42.9 Å². The molecule has 160 valence electrons. The first kappa shape index (κ1) is 29.8. The van der Waals surface area contributed by atoms with E-state index in [1.165, 1.54) is 0 Å². The summed E-state index contributed by atoms with van der Waals surface area (Å²) >= 11 is 0. The average molecular weight is 385 g/mol. The SMILES string of the molecule is COC(C)[N+](C)(C)C(C)OC.COC(C)[N+](C)(C)C(C)OC.O=C([O-])[O-]. The summed E-state index contributed by atoms with van der Waals surface area (Å²) in [4.78, 5) is 8.33. The summed E-state index contributed by atoms with van der Waals surface area (Å²) < 4.78 is 22.4. The lowest BCUT2D eigenvalue weighted by Gasteiger charge is -2.38. The molecule has 0 aliphatic carbocycles. The van der Waals surface area contributed by atoms with Crippen LogP contribution in [0.3, 0.4) is 0 Å². The van der Waals surface area contributed by atoms with E-state index >= 15 is 0 Å². The first-order chi connectivity index (χ1) is 11.7. The molecule has 0 amide bonds. The number of carbonyl (C=O) groups excluding carboxylic acids is 1. The highest BCUT2D eigenvalue weighted by Crippen LogP contribution is 2.13. The molecule has 0 saturated carbocycles. The van der Waals surface area contributed by atoms with Gasteiger partial charge in [0, 0.05) is 56.1 Å². The van der Waals surface area contributed by atoms with E-state index in [2.05, 4.69) is 28.2 Å². The number of methoxy groups -OCH3 is 4. The van der Waals surface area contributed by atoms with Gasteiger partial charge in [-0.2, -0.15) is 0 Å². The average Bonchev–Trinajstić information content (AvgIpc) is 2.58. The Morgan fingerprint density at radius 1 is 0.615 bits per heavy atom. The van der Waals surface area contributed by atoms with Crippen molar-refractivity contribution in [2.24, 2.45) is 0 Å². The molecule has 0 rings (SSSR count). The Bertz CT molecular complexity index is 309. The van der Waals surface area contributed by atoms with Gasteiger partial charge in [0.2, 0.25) is 0 Å². The third-order valence-electron chi connectivity index (χ3n) is 5.11. The smallest absolute Gasteiger partial charge is 0.191 e. The summed E-state index contributed by atoms with van der Waals surface area (Å²) in [7, 11) is 15.2. The van der Waals surface area contributed by atoms with Gasteiger partial charge in [0.1, 0.15) is 0 Å². The minimum absolute atomic E-state index is 0.157. The van der Waals surface area contributed by atoms with Crippen LogP contribution < -0.4 is 10.2 Å². The van der Waals surface area contributed by atoms with Crippen LogP contribution >= 0.6 is 0 Å². The third-order valence-corrected chi connectivity index (χ3v) is 5.11. The quantitative estimate of drug-likeness (QED) is 0.416. The molecule has 9 nitrogen and oxygen atoms in total. The zero-order valence-electron chi connectivity index (χ0n) is 18.6. The minimum Gasteiger partial charge on any atom is -0.652 e. The lowest BCUT2D eigenvalue weighted by Crippen LogP contribution is -2.54. The van der Waals surface area contributed by atoms with Crippen LogP contribution in [0.4, 0.5) is 4.79 Å². The van der Waals surface area contributed by atoms with E-state index in [4.69, 9.17) is 34.0 Å². The fourth-order valence-corrected chi connectivity index (χ4v) is 1.68. The van der Waals surface area contributed by atoms with Gasteiger partial charge in [-0.3, -0.25) is 8.97 Å². The lowest BCUT2D eigenvalue weighted by atomic mass is 10.4. The molecule has 0 bridgehead atoms. The number of hydrogen-bond acceptors (Lipinski definition) is 7. The van der Waals surface area contributed by atoms with Crippen molar-refractivity contribution in [1.82, 2.24) is 0 Å². The molecule has 0 aromatic heterocycles. The van der Waals surface area contributed by atoms with Crippen molar-refractivity contribution in [3.63, 3.8) is 0 Å². The van der Waals surface area contributed by atoms with Crippen molar-refractivity contribution >= 4 is 6.16 Å². The fourth-order valence-electron chi connectivity index (χ4n) is 1.68. The molecular formula is C17H40N2O7. The molecule has 0 saturated heterocycles. The topological polar surface area (TPSA) is 100 Å². The summed E-state index contributed by atoms with van der Waals surface area (Å²) in [5, 5.41) is 16.7. The van der Waals surface area contributed by atoms with Crippen LogP contribution in [0, 0.1) is 0 Å². The number of ether oxygens (including phenoxy) is 4. The summed E-state index contributed by atoms with van der Waals surface area (Å²) in [6, 6.07) is 0. The van der Waals surface area contributed by atoms with E-state index in [0.717, 1.165) is 0 Å². The zero-order chi connectivity index (χ0) is 21.7. The molecule has 0 spiro atoms. The Morgan fingerprint density at radius 3 is 0.808 bits per heavy atom. The maximum absolute atomic E-state index is 8.33. The van der Waals surface area contributed by atoms with Crippen molar-refractivity contribution in [3.05, 3.63) is 0 Å².